The van der Waals surface area contributed by atoms with Crippen LogP contribution in [0.5, 0.6) is 0 Å². The van der Waals surface area contributed by atoms with Gasteiger partial charge in [-0.3, -0.25) is 4.79 Å². The number of anilines is 1. The van der Waals surface area contributed by atoms with Crippen LogP contribution in [0, 0.1) is 11.7 Å². The highest BCUT2D eigenvalue weighted by atomic mass is 35.5. The van der Waals surface area contributed by atoms with Gasteiger partial charge in [-0.2, -0.15) is 0 Å². The van der Waals surface area contributed by atoms with E-state index in [9.17, 15) is 17.6 Å². The molecule has 0 saturated heterocycles. The summed E-state index contributed by atoms with van der Waals surface area (Å²) in [5, 5.41) is 2.25. The van der Waals surface area contributed by atoms with Gasteiger partial charge < -0.3 is 11.1 Å². The molecule has 0 aromatic heterocycles. The van der Waals surface area contributed by atoms with Gasteiger partial charge in [-0.1, -0.05) is 11.6 Å². The first-order chi connectivity index (χ1) is 10.2. The second-order valence-corrected chi connectivity index (χ2v) is 7.44. The van der Waals surface area contributed by atoms with Crippen molar-refractivity contribution in [3.8, 4) is 0 Å². The number of hydrogen-bond acceptors (Lipinski definition) is 4. The molecule has 1 amide bonds. The second kappa shape index (κ2) is 6.49. The Labute approximate surface area is 133 Å². The molecule has 0 aliphatic heterocycles. The van der Waals surface area contributed by atoms with Crippen molar-refractivity contribution in [1.82, 2.24) is 4.72 Å². The van der Waals surface area contributed by atoms with Crippen molar-refractivity contribution in [2.45, 2.75) is 30.7 Å². The van der Waals surface area contributed by atoms with Crippen molar-refractivity contribution >= 4 is 33.2 Å². The smallest absolute Gasteiger partial charge is 0.243 e. The third-order valence-corrected chi connectivity index (χ3v) is 5.11. The van der Waals surface area contributed by atoms with Crippen LogP contribution in [0.15, 0.2) is 17.0 Å². The van der Waals surface area contributed by atoms with Crippen LogP contribution in [0.25, 0.3) is 0 Å². The van der Waals surface area contributed by atoms with Crippen LogP contribution in [0.3, 0.4) is 0 Å². The van der Waals surface area contributed by atoms with Gasteiger partial charge in [0.05, 0.1) is 10.7 Å². The van der Waals surface area contributed by atoms with Gasteiger partial charge in [-0.05, 0) is 24.8 Å². The van der Waals surface area contributed by atoms with Crippen molar-refractivity contribution in [2.24, 2.45) is 11.7 Å². The molecule has 1 saturated carbocycles. The Morgan fingerprint density at radius 3 is 2.68 bits per heavy atom. The molecule has 0 heterocycles. The van der Waals surface area contributed by atoms with Gasteiger partial charge in [0.15, 0.2) is 0 Å². The third-order valence-electron chi connectivity index (χ3n) is 3.36. The number of carbonyl (C=O) groups is 1. The lowest BCUT2D eigenvalue weighted by Gasteiger charge is -2.14. The minimum Gasteiger partial charge on any atom is -0.326 e. The number of rotatable bonds is 6. The number of hydrogen-bond donors (Lipinski definition) is 3. The number of halogens is 2. The molecule has 4 N–H and O–H groups in total. The normalized spacial score (nSPS) is 16.4. The summed E-state index contributed by atoms with van der Waals surface area (Å²) in [5.41, 5.74) is 5.83. The molecule has 0 spiro atoms. The maximum Gasteiger partial charge on any atom is 0.243 e. The summed E-state index contributed by atoms with van der Waals surface area (Å²) in [4.78, 5) is 10.4. The Morgan fingerprint density at radius 1 is 1.50 bits per heavy atom. The fourth-order valence-electron chi connectivity index (χ4n) is 1.99. The van der Waals surface area contributed by atoms with E-state index in [1.807, 2.05) is 0 Å². The average molecular weight is 350 g/mol. The predicted octanol–water partition coefficient (Wildman–Crippen LogP) is 1.45. The number of benzene rings is 1. The molecule has 1 aromatic rings. The van der Waals surface area contributed by atoms with E-state index in [-0.39, 0.29) is 23.3 Å². The van der Waals surface area contributed by atoms with Crippen molar-refractivity contribution in [3.05, 3.63) is 23.0 Å². The number of amides is 1. The lowest BCUT2D eigenvalue weighted by molar-refractivity contribution is -0.114. The number of carbonyl (C=O) groups excluding carboxylic acids is 1. The van der Waals surface area contributed by atoms with E-state index in [2.05, 4.69) is 10.0 Å². The molecule has 1 aliphatic rings. The molecule has 1 atom stereocenters. The lowest BCUT2D eigenvalue weighted by Crippen LogP contribution is -2.38. The van der Waals surface area contributed by atoms with Crippen LogP contribution >= 0.6 is 11.6 Å². The van der Waals surface area contributed by atoms with Crippen LogP contribution in [0.1, 0.15) is 19.8 Å². The highest BCUT2D eigenvalue weighted by molar-refractivity contribution is 7.89. The zero-order valence-electron chi connectivity index (χ0n) is 11.9. The molecule has 9 heteroatoms. The minimum absolute atomic E-state index is 0.0142. The van der Waals surface area contributed by atoms with Gasteiger partial charge in [0.25, 0.3) is 0 Å². The van der Waals surface area contributed by atoms with Crippen LogP contribution in [-0.2, 0) is 14.8 Å². The summed E-state index contributed by atoms with van der Waals surface area (Å²) in [6.45, 7) is 1.28. The molecular weight excluding hydrogens is 333 g/mol. The summed E-state index contributed by atoms with van der Waals surface area (Å²) in [6, 6.07) is 1.55. The number of sulfonamides is 1. The Morgan fingerprint density at radius 2 is 2.14 bits per heavy atom. The fraction of sp³-hybridized carbons (Fsp3) is 0.462. The second-order valence-electron chi connectivity index (χ2n) is 5.30. The SMILES string of the molecule is CC(=O)Nc1cc(F)c(S(=O)(=O)NCC(N)C2CC2)cc1Cl. The lowest BCUT2D eigenvalue weighted by atomic mass is 10.2. The van der Waals surface area contributed by atoms with E-state index in [1.54, 1.807) is 0 Å². The van der Waals surface area contributed by atoms with Crippen LogP contribution in [0.2, 0.25) is 5.02 Å². The summed E-state index contributed by atoms with van der Waals surface area (Å²) >= 11 is 5.88. The van der Waals surface area contributed by atoms with Crippen molar-refractivity contribution in [3.63, 3.8) is 0 Å². The Balaban J connectivity index is 2.19. The topological polar surface area (TPSA) is 101 Å². The van der Waals surface area contributed by atoms with E-state index in [0.29, 0.717) is 5.92 Å². The highest BCUT2D eigenvalue weighted by Crippen LogP contribution is 2.32. The van der Waals surface area contributed by atoms with E-state index in [0.717, 1.165) is 25.0 Å². The van der Waals surface area contributed by atoms with Crippen LogP contribution < -0.4 is 15.8 Å². The molecule has 1 aromatic carbocycles. The highest BCUT2D eigenvalue weighted by Gasteiger charge is 2.30. The van der Waals surface area contributed by atoms with Gasteiger partial charge in [0.1, 0.15) is 10.7 Å². The number of nitrogens with one attached hydrogen (secondary N) is 2. The van der Waals surface area contributed by atoms with Gasteiger partial charge in [-0.15, -0.1) is 0 Å². The largest absolute Gasteiger partial charge is 0.326 e. The predicted molar refractivity (Wildman–Crippen MR) is 81.6 cm³/mol. The maximum absolute atomic E-state index is 14.0. The summed E-state index contributed by atoms with van der Waals surface area (Å²) in [6.07, 6.45) is 1.96. The Hall–Kier alpha value is -1.22. The zero-order chi connectivity index (χ0) is 16.5. The van der Waals surface area contributed by atoms with E-state index in [4.69, 9.17) is 17.3 Å². The first-order valence-electron chi connectivity index (χ1n) is 6.72. The zero-order valence-corrected chi connectivity index (χ0v) is 13.5. The number of nitrogens with two attached hydrogens (primary N) is 1. The van der Waals surface area contributed by atoms with E-state index < -0.39 is 26.6 Å². The molecule has 6 nitrogen and oxygen atoms in total. The standard InChI is InChI=1S/C13H17ClFN3O3S/c1-7(19)18-12-5-10(15)13(4-9(12)14)22(20,21)17-6-11(16)8-2-3-8/h4-5,8,11,17H,2-3,6,16H2,1H3,(H,18,19). The molecule has 122 valence electrons. The third kappa shape index (κ3) is 4.16. The Bertz CT molecular complexity index is 692. The molecule has 2 rings (SSSR count). The molecule has 22 heavy (non-hydrogen) atoms. The molecule has 1 unspecified atom stereocenters. The van der Waals surface area contributed by atoms with E-state index >= 15 is 0 Å². The first kappa shape index (κ1) is 17.1. The summed E-state index contributed by atoms with van der Waals surface area (Å²) in [7, 11) is -4.06. The molecule has 1 aliphatic carbocycles. The first-order valence-corrected chi connectivity index (χ1v) is 8.58. The van der Waals surface area contributed by atoms with Gasteiger partial charge in [0.2, 0.25) is 15.9 Å². The Kier molecular flexibility index (Phi) is 5.06. The molecule has 0 bridgehead atoms. The molecular formula is C13H17ClFN3O3S. The summed E-state index contributed by atoms with van der Waals surface area (Å²) in [5.74, 6) is -1.12. The van der Waals surface area contributed by atoms with Crippen molar-refractivity contribution in [2.75, 3.05) is 11.9 Å². The minimum atomic E-state index is -4.06. The van der Waals surface area contributed by atoms with Gasteiger partial charge in [-0.25, -0.2) is 17.5 Å². The monoisotopic (exact) mass is 349 g/mol. The fourth-order valence-corrected chi connectivity index (χ4v) is 3.43. The van der Waals surface area contributed by atoms with Crippen molar-refractivity contribution in [1.29, 1.82) is 0 Å². The maximum atomic E-state index is 14.0. The van der Waals surface area contributed by atoms with Crippen molar-refractivity contribution < 1.29 is 17.6 Å². The molecule has 1 fully saturated rings. The van der Waals surface area contributed by atoms with Gasteiger partial charge >= 0.3 is 0 Å². The van der Waals surface area contributed by atoms with Gasteiger partial charge in [0, 0.05) is 25.6 Å². The summed E-state index contributed by atoms with van der Waals surface area (Å²) < 4.78 is 40.6. The van der Waals surface area contributed by atoms with Crippen LogP contribution in [-0.4, -0.2) is 26.9 Å². The quantitative estimate of drug-likeness (QED) is 0.723. The van der Waals surface area contributed by atoms with Crippen LogP contribution in [0.4, 0.5) is 10.1 Å². The molecule has 0 radical (unpaired) electrons. The van der Waals surface area contributed by atoms with E-state index in [1.165, 1.54) is 6.92 Å². The average Bonchev–Trinajstić information content (AvgIpc) is 3.23.